The van der Waals surface area contributed by atoms with Gasteiger partial charge < -0.3 is 4.74 Å². The Hall–Kier alpha value is -2.54. The maximum absolute atomic E-state index is 5.87. The summed E-state index contributed by atoms with van der Waals surface area (Å²) in [6.45, 7) is 6.63. The van der Waals surface area contributed by atoms with Crippen molar-refractivity contribution in [1.82, 2.24) is 0 Å². The Morgan fingerprint density at radius 3 is 1.65 bits per heavy atom. The molecular weight excluding hydrogens is 280 g/mol. The Balaban J connectivity index is 1.82. The van der Waals surface area contributed by atoms with Gasteiger partial charge in [-0.1, -0.05) is 74.0 Å². The van der Waals surface area contributed by atoms with Crippen LogP contribution in [0.25, 0.3) is 0 Å². The lowest BCUT2D eigenvalue weighted by Crippen LogP contribution is -2.18. The average molecular weight is 302 g/mol. The van der Waals surface area contributed by atoms with Crippen molar-refractivity contribution in [2.75, 3.05) is 0 Å². The number of para-hydroxylation sites is 1. The first-order valence-corrected chi connectivity index (χ1v) is 7.96. The van der Waals surface area contributed by atoms with Crippen molar-refractivity contribution < 1.29 is 4.74 Å². The van der Waals surface area contributed by atoms with Crippen molar-refractivity contribution in [2.45, 2.75) is 26.2 Å². The highest BCUT2D eigenvalue weighted by Crippen LogP contribution is 2.33. The van der Waals surface area contributed by atoms with E-state index in [-0.39, 0.29) is 5.41 Å². The molecule has 23 heavy (non-hydrogen) atoms. The number of ether oxygens (including phenoxy) is 1. The summed E-state index contributed by atoms with van der Waals surface area (Å²) in [5.74, 6) is 1.72. The summed E-state index contributed by atoms with van der Waals surface area (Å²) >= 11 is 0. The number of aryl methyl sites for hydroxylation is 1. The van der Waals surface area contributed by atoms with Crippen LogP contribution in [0.1, 0.15) is 30.5 Å². The monoisotopic (exact) mass is 302 g/mol. The summed E-state index contributed by atoms with van der Waals surface area (Å²) in [6, 6.07) is 27.0. The van der Waals surface area contributed by atoms with E-state index in [0.29, 0.717) is 0 Å². The Bertz CT molecular complexity index is 753. The van der Waals surface area contributed by atoms with Gasteiger partial charge in [-0.05, 0) is 42.3 Å². The van der Waals surface area contributed by atoms with Crippen molar-refractivity contribution in [1.29, 1.82) is 0 Å². The Morgan fingerprint density at radius 2 is 1.09 bits per heavy atom. The van der Waals surface area contributed by atoms with Crippen molar-refractivity contribution in [3.8, 4) is 11.5 Å². The van der Waals surface area contributed by atoms with Crippen LogP contribution in [0.3, 0.4) is 0 Å². The zero-order valence-corrected chi connectivity index (χ0v) is 13.9. The molecule has 116 valence electrons. The van der Waals surface area contributed by atoms with E-state index in [1.165, 1.54) is 16.7 Å². The summed E-state index contributed by atoms with van der Waals surface area (Å²) in [5, 5.41) is 0. The second-order valence-electron chi connectivity index (χ2n) is 6.43. The lowest BCUT2D eigenvalue weighted by atomic mass is 9.78. The highest BCUT2D eigenvalue weighted by molar-refractivity contribution is 5.41. The molecule has 0 heterocycles. The van der Waals surface area contributed by atoms with Crippen molar-refractivity contribution >= 4 is 0 Å². The van der Waals surface area contributed by atoms with Crippen LogP contribution < -0.4 is 4.74 Å². The molecule has 3 aromatic rings. The van der Waals surface area contributed by atoms with Crippen molar-refractivity contribution in [2.24, 2.45) is 0 Å². The summed E-state index contributed by atoms with van der Waals surface area (Å²) in [5.41, 5.74) is 3.86. The van der Waals surface area contributed by atoms with Crippen LogP contribution in [-0.2, 0) is 5.41 Å². The summed E-state index contributed by atoms with van der Waals surface area (Å²) in [4.78, 5) is 0. The van der Waals surface area contributed by atoms with Crippen LogP contribution in [0.15, 0.2) is 78.9 Å². The summed E-state index contributed by atoms with van der Waals surface area (Å²) < 4.78 is 5.87. The molecule has 3 rings (SSSR count). The molecule has 0 atom stereocenters. The van der Waals surface area contributed by atoms with Crippen LogP contribution in [0.4, 0.5) is 0 Å². The van der Waals surface area contributed by atoms with Gasteiger partial charge >= 0.3 is 0 Å². The van der Waals surface area contributed by atoms with E-state index in [4.69, 9.17) is 4.74 Å². The van der Waals surface area contributed by atoms with Gasteiger partial charge in [-0.3, -0.25) is 0 Å². The van der Waals surface area contributed by atoms with Gasteiger partial charge in [0.25, 0.3) is 0 Å². The zero-order valence-electron chi connectivity index (χ0n) is 13.9. The highest BCUT2D eigenvalue weighted by Gasteiger charge is 2.22. The van der Waals surface area contributed by atoms with Crippen LogP contribution in [0.5, 0.6) is 11.5 Å². The molecule has 0 fully saturated rings. The minimum absolute atomic E-state index is 0.0288. The Labute approximate surface area is 138 Å². The van der Waals surface area contributed by atoms with Gasteiger partial charge in [0.15, 0.2) is 0 Å². The molecule has 0 radical (unpaired) electrons. The largest absolute Gasteiger partial charge is 0.457 e. The number of benzene rings is 3. The first kappa shape index (κ1) is 15.4. The van der Waals surface area contributed by atoms with Crippen LogP contribution in [0.2, 0.25) is 0 Å². The molecule has 0 unspecified atom stereocenters. The van der Waals surface area contributed by atoms with E-state index in [2.05, 4.69) is 57.2 Å². The molecule has 3 aromatic carbocycles. The third-order valence-corrected chi connectivity index (χ3v) is 4.33. The zero-order chi connectivity index (χ0) is 16.3. The molecule has 0 aliphatic rings. The third-order valence-electron chi connectivity index (χ3n) is 4.33. The molecule has 0 saturated carbocycles. The predicted octanol–water partition coefficient (Wildman–Crippen LogP) is 6.11. The van der Waals surface area contributed by atoms with Gasteiger partial charge in [0, 0.05) is 5.41 Å². The number of hydrogen-bond acceptors (Lipinski definition) is 1. The van der Waals surface area contributed by atoms with Crippen LogP contribution in [0, 0.1) is 6.92 Å². The standard InChI is InChI=1S/C22H22O/c1-17-9-11-18(12-10-17)22(2,3)19-13-15-21(16-14-19)23-20-7-5-4-6-8-20/h4-16H,1-3H3. The molecule has 0 saturated heterocycles. The van der Waals surface area contributed by atoms with Crippen LogP contribution >= 0.6 is 0 Å². The van der Waals surface area contributed by atoms with Gasteiger partial charge in [0.05, 0.1) is 0 Å². The fourth-order valence-electron chi connectivity index (χ4n) is 2.70. The maximum Gasteiger partial charge on any atom is 0.127 e. The summed E-state index contributed by atoms with van der Waals surface area (Å²) in [6.07, 6.45) is 0. The van der Waals surface area contributed by atoms with Gasteiger partial charge in [-0.25, -0.2) is 0 Å². The molecule has 1 heteroatoms. The first-order valence-electron chi connectivity index (χ1n) is 7.96. The molecule has 0 amide bonds. The second kappa shape index (κ2) is 6.29. The minimum atomic E-state index is -0.0288. The number of hydrogen-bond donors (Lipinski definition) is 0. The molecule has 0 spiro atoms. The summed E-state index contributed by atoms with van der Waals surface area (Å²) in [7, 11) is 0. The topological polar surface area (TPSA) is 9.23 Å². The SMILES string of the molecule is Cc1ccc(C(C)(C)c2ccc(Oc3ccccc3)cc2)cc1. The Morgan fingerprint density at radius 1 is 0.609 bits per heavy atom. The lowest BCUT2D eigenvalue weighted by molar-refractivity contribution is 0.482. The molecule has 0 bridgehead atoms. The average Bonchev–Trinajstić information content (AvgIpc) is 2.57. The van der Waals surface area contributed by atoms with Gasteiger partial charge in [-0.15, -0.1) is 0 Å². The van der Waals surface area contributed by atoms with E-state index in [9.17, 15) is 0 Å². The lowest BCUT2D eigenvalue weighted by Gasteiger charge is -2.26. The van der Waals surface area contributed by atoms with E-state index in [1.54, 1.807) is 0 Å². The first-order chi connectivity index (χ1) is 11.1. The van der Waals surface area contributed by atoms with E-state index >= 15 is 0 Å². The van der Waals surface area contributed by atoms with E-state index in [0.717, 1.165) is 11.5 Å². The third kappa shape index (κ3) is 3.45. The van der Waals surface area contributed by atoms with Gasteiger partial charge in [0.1, 0.15) is 11.5 Å². The van der Waals surface area contributed by atoms with Crippen LogP contribution in [-0.4, -0.2) is 0 Å². The maximum atomic E-state index is 5.87. The predicted molar refractivity (Wildman–Crippen MR) is 96.3 cm³/mol. The molecule has 0 aliphatic carbocycles. The van der Waals surface area contributed by atoms with Crippen molar-refractivity contribution in [3.63, 3.8) is 0 Å². The van der Waals surface area contributed by atoms with Gasteiger partial charge in [0.2, 0.25) is 0 Å². The minimum Gasteiger partial charge on any atom is -0.457 e. The second-order valence-corrected chi connectivity index (χ2v) is 6.43. The molecule has 0 N–H and O–H groups in total. The van der Waals surface area contributed by atoms with Crippen molar-refractivity contribution in [3.05, 3.63) is 95.6 Å². The fourth-order valence-corrected chi connectivity index (χ4v) is 2.70. The van der Waals surface area contributed by atoms with Gasteiger partial charge in [-0.2, -0.15) is 0 Å². The molecule has 1 nitrogen and oxygen atoms in total. The highest BCUT2D eigenvalue weighted by atomic mass is 16.5. The molecular formula is C22H22O. The quantitative estimate of drug-likeness (QED) is 0.564. The molecule has 0 aliphatic heterocycles. The fraction of sp³-hybridized carbons (Fsp3) is 0.182. The smallest absolute Gasteiger partial charge is 0.127 e. The Kier molecular flexibility index (Phi) is 4.20. The number of rotatable bonds is 4. The van der Waals surface area contributed by atoms with E-state index < -0.39 is 0 Å². The van der Waals surface area contributed by atoms with E-state index in [1.807, 2.05) is 42.5 Å². The normalized spacial score (nSPS) is 11.3. The molecule has 0 aromatic heterocycles.